The van der Waals surface area contributed by atoms with Crippen LogP contribution in [0.5, 0.6) is 0 Å². The van der Waals surface area contributed by atoms with E-state index in [-0.39, 0.29) is 5.43 Å². The molecule has 0 aliphatic heterocycles. The molecule has 0 atom stereocenters. The number of nitrogens with zero attached hydrogens (tertiary/aromatic N) is 1. The summed E-state index contributed by atoms with van der Waals surface area (Å²) in [5.41, 5.74) is 2.95. The maximum atomic E-state index is 12.4. The van der Waals surface area contributed by atoms with Crippen molar-refractivity contribution in [1.29, 1.82) is 0 Å². The molecule has 3 aromatic rings. The molecular weight excluding hydrogens is 246 g/mol. The Kier molecular flexibility index (Phi) is 2.42. The molecule has 0 bridgehead atoms. The van der Waals surface area contributed by atoms with E-state index >= 15 is 0 Å². The predicted octanol–water partition coefficient (Wildman–Crippen LogP) is 3.65. The molecule has 1 aromatic heterocycles. The first-order valence-corrected chi connectivity index (χ1v) is 6.14. The van der Waals surface area contributed by atoms with Gasteiger partial charge in [-0.05, 0) is 37.3 Å². The fraction of sp³-hybridized carbons (Fsp3) is 0.133. The van der Waals surface area contributed by atoms with Crippen molar-refractivity contribution in [2.75, 3.05) is 0 Å². The molecule has 0 saturated carbocycles. The van der Waals surface area contributed by atoms with Crippen LogP contribution in [0.25, 0.3) is 21.8 Å². The van der Waals surface area contributed by atoms with Crippen LogP contribution in [-0.2, 0) is 7.05 Å². The van der Waals surface area contributed by atoms with Crippen LogP contribution in [0.2, 0.25) is 5.02 Å². The zero-order valence-electron chi connectivity index (χ0n) is 10.2. The zero-order chi connectivity index (χ0) is 12.9. The summed E-state index contributed by atoms with van der Waals surface area (Å²) in [5.74, 6) is 0. The van der Waals surface area contributed by atoms with Gasteiger partial charge in [0.05, 0.1) is 11.0 Å². The number of fused-ring (bicyclic) bond motifs is 2. The number of hydrogen-bond donors (Lipinski definition) is 0. The van der Waals surface area contributed by atoms with Gasteiger partial charge in [0.1, 0.15) is 0 Å². The number of rotatable bonds is 0. The van der Waals surface area contributed by atoms with Crippen molar-refractivity contribution in [3.63, 3.8) is 0 Å². The second-order valence-corrected chi connectivity index (χ2v) is 5.01. The minimum absolute atomic E-state index is 0.0680. The van der Waals surface area contributed by atoms with E-state index in [9.17, 15) is 4.79 Å². The van der Waals surface area contributed by atoms with Gasteiger partial charge in [0, 0.05) is 22.8 Å². The molecule has 0 radical (unpaired) electrons. The van der Waals surface area contributed by atoms with E-state index in [1.54, 1.807) is 12.1 Å². The first kappa shape index (κ1) is 11.3. The van der Waals surface area contributed by atoms with Gasteiger partial charge in [-0.15, -0.1) is 0 Å². The van der Waals surface area contributed by atoms with Gasteiger partial charge in [0.15, 0.2) is 5.43 Å². The number of pyridine rings is 1. The molecule has 3 rings (SSSR count). The summed E-state index contributed by atoms with van der Waals surface area (Å²) in [6.45, 7) is 1.99. The van der Waals surface area contributed by atoms with Gasteiger partial charge in [-0.3, -0.25) is 4.79 Å². The predicted molar refractivity (Wildman–Crippen MR) is 76.4 cm³/mol. The molecule has 0 aliphatic carbocycles. The molecule has 0 spiro atoms. The van der Waals surface area contributed by atoms with E-state index in [1.165, 1.54) is 0 Å². The number of aryl methyl sites for hydroxylation is 2. The van der Waals surface area contributed by atoms with E-state index in [1.807, 2.05) is 42.8 Å². The quantitative estimate of drug-likeness (QED) is 0.564. The fourth-order valence-corrected chi connectivity index (χ4v) is 2.54. The van der Waals surface area contributed by atoms with Crippen molar-refractivity contribution in [2.24, 2.45) is 7.05 Å². The molecule has 2 aromatic carbocycles. The minimum atomic E-state index is 0.0680. The van der Waals surface area contributed by atoms with Crippen LogP contribution in [0, 0.1) is 6.92 Å². The highest BCUT2D eigenvalue weighted by Gasteiger charge is 2.08. The van der Waals surface area contributed by atoms with Crippen LogP contribution in [0.4, 0.5) is 0 Å². The summed E-state index contributed by atoms with van der Waals surface area (Å²) in [5, 5.41) is 2.11. The summed E-state index contributed by atoms with van der Waals surface area (Å²) in [6, 6.07) is 11.3. The third-order valence-electron chi connectivity index (χ3n) is 3.32. The lowest BCUT2D eigenvalue weighted by Gasteiger charge is -2.11. The minimum Gasteiger partial charge on any atom is -0.343 e. The molecular formula is C15H12ClNO. The Hall–Kier alpha value is -1.80. The van der Waals surface area contributed by atoms with Gasteiger partial charge in [0.25, 0.3) is 0 Å². The number of benzene rings is 2. The molecule has 0 amide bonds. The standard InChI is InChI=1S/C15H12ClNO/c1-9-3-6-13-12(7-9)15(18)11-5-4-10(16)8-14(11)17(13)2/h3-8H,1-2H3. The molecule has 0 N–H and O–H groups in total. The lowest BCUT2D eigenvalue weighted by atomic mass is 10.1. The van der Waals surface area contributed by atoms with E-state index in [0.29, 0.717) is 10.4 Å². The van der Waals surface area contributed by atoms with E-state index in [4.69, 9.17) is 11.6 Å². The molecule has 1 heterocycles. The van der Waals surface area contributed by atoms with Crippen LogP contribution in [0.3, 0.4) is 0 Å². The van der Waals surface area contributed by atoms with Crippen molar-refractivity contribution in [3.05, 3.63) is 57.2 Å². The first-order valence-electron chi connectivity index (χ1n) is 5.76. The summed E-state index contributed by atoms with van der Waals surface area (Å²) in [4.78, 5) is 12.4. The molecule has 2 nitrogen and oxygen atoms in total. The van der Waals surface area contributed by atoms with Crippen LogP contribution < -0.4 is 5.43 Å². The van der Waals surface area contributed by atoms with Gasteiger partial charge < -0.3 is 4.57 Å². The average molecular weight is 258 g/mol. The molecule has 90 valence electrons. The first-order chi connectivity index (χ1) is 8.58. The Labute approximate surface area is 109 Å². The van der Waals surface area contributed by atoms with E-state index < -0.39 is 0 Å². The van der Waals surface area contributed by atoms with Crippen molar-refractivity contribution in [1.82, 2.24) is 4.57 Å². The largest absolute Gasteiger partial charge is 0.343 e. The molecule has 0 fully saturated rings. The number of aromatic nitrogens is 1. The van der Waals surface area contributed by atoms with Crippen molar-refractivity contribution in [3.8, 4) is 0 Å². The Morgan fingerprint density at radius 3 is 2.56 bits per heavy atom. The Morgan fingerprint density at radius 2 is 1.78 bits per heavy atom. The number of hydrogen-bond acceptors (Lipinski definition) is 1. The monoisotopic (exact) mass is 257 g/mol. The van der Waals surface area contributed by atoms with Crippen LogP contribution in [0.1, 0.15) is 5.56 Å². The van der Waals surface area contributed by atoms with Crippen LogP contribution in [0.15, 0.2) is 41.2 Å². The highest BCUT2D eigenvalue weighted by Crippen LogP contribution is 2.21. The summed E-state index contributed by atoms with van der Waals surface area (Å²) in [6.07, 6.45) is 0. The van der Waals surface area contributed by atoms with Gasteiger partial charge in [-0.25, -0.2) is 0 Å². The van der Waals surface area contributed by atoms with Crippen molar-refractivity contribution < 1.29 is 0 Å². The van der Waals surface area contributed by atoms with Gasteiger partial charge >= 0.3 is 0 Å². The maximum absolute atomic E-state index is 12.4. The molecule has 18 heavy (non-hydrogen) atoms. The smallest absolute Gasteiger partial charge is 0.197 e. The Morgan fingerprint density at radius 1 is 1.00 bits per heavy atom. The Balaban J connectivity index is 2.65. The molecule has 0 unspecified atom stereocenters. The highest BCUT2D eigenvalue weighted by molar-refractivity contribution is 6.31. The average Bonchev–Trinajstić information content (AvgIpc) is 2.36. The second-order valence-electron chi connectivity index (χ2n) is 4.57. The van der Waals surface area contributed by atoms with Gasteiger partial charge in [-0.2, -0.15) is 0 Å². The van der Waals surface area contributed by atoms with Gasteiger partial charge in [-0.1, -0.05) is 23.2 Å². The summed E-state index contributed by atoms with van der Waals surface area (Å²) >= 11 is 6.00. The normalized spacial score (nSPS) is 11.3. The van der Waals surface area contributed by atoms with Crippen molar-refractivity contribution >= 4 is 33.4 Å². The maximum Gasteiger partial charge on any atom is 0.197 e. The lowest BCUT2D eigenvalue weighted by Crippen LogP contribution is -2.09. The summed E-state index contributed by atoms with van der Waals surface area (Å²) < 4.78 is 2.01. The van der Waals surface area contributed by atoms with Crippen LogP contribution >= 0.6 is 11.6 Å². The Bertz CT molecular complexity index is 833. The molecule has 3 heteroatoms. The van der Waals surface area contributed by atoms with Crippen molar-refractivity contribution in [2.45, 2.75) is 6.92 Å². The second kappa shape index (κ2) is 3.85. The third-order valence-corrected chi connectivity index (χ3v) is 3.56. The zero-order valence-corrected chi connectivity index (χ0v) is 11.0. The van der Waals surface area contributed by atoms with E-state index in [2.05, 4.69) is 0 Å². The molecule has 0 aliphatic rings. The SMILES string of the molecule is Cc1ccc2c(c1)c(=O)c1ccc(Cl)cc1n2C. The summed E-state index contributed by atoms with van der Waals surface area (Å²) in [7, 11) is 1.95. The number of halogens is 1. The van der Waals surface area contributed by atoms with E-state index in [0.717, 1.165) is 22.0 Å². The lowest BCUT2D eigenvalue weighted by molar-refractivity contribution is 1.00. The fourth-order valence-electron chi connectivity index (χ4n) is 2.37. The topological polar surface area (TPSA) is 22.0 Å². The highest BCUT2D eigenvalue weighted by atomic mass is 35.5. The van der Waals surface area contributed by atoms with Crippen LogP contribution in [-0.4, -0.2) is 4.57 Å². The third kappa shape index (κ3) is 1.53. The van der Waals surface area contributed by atoms with Gasteiger partial charge in [0.2, 0.25) is 0 Å². The molecule has 0 saturated heterocycles.